The molecule has 2 atom stereocenters. The second-order valence-corrected chi connectivity index (χ2v) is 4.09. The Morgan fingerprint density at radius 2 is 2.21 bits per heavy atom. The molecule has 2 heteroatoms. The number of ketones is 1. The number of carbonyl (C=O) groups is 1. The fourth-order valence-corrected chi connectivity index (χ4v) is 2.17. The number of carbonyl (C=O) groups excluding carboxylic acids is 1. The van der Waals surface area contributed by atoms with Gasteiger partial charge in [0.1, 0.15) is 0 Å². The van der Waals surface area contributed by atoms with E-state index in [2.05, 4.69) is 30.1 Å². The fourth-order valence-electron chi connectivity index (χ4n) is 2.17. The molecule has 14 heavy (non-hydrogen) atoms. The summed E-state index contributed by atoms with van der Waals surface area (Å²) in [6.07, 6.45) is 8.42. The molecule has 0 spiro atoms. The lowest BCUT2D eigenvalue weighted by molar-refractivity contribution is -0.113. The van der Waals surface area contributed by atoms with Gasteiger partial charge in [0.15, 0.2) is 5.78 Å². The second kappa shape index (κ2) is 3.12. The topological polar surface area (TPSA) is 20.3 Å². The Morgan fingerprint density at radius 1 is 1.50 bits per heavy atom. The standard InChI is InChI=1S/C12H15NO/c1-8-4-5-10-11(9(2)14)7-13(3)12(10)6-8/h4-7,10,12H,1-3H3. The lowest BCUT2D eigenvalue weighted by atomic mass is 9.87. The van der Waals surface area contributed by atoms with E-state index < -0.39 is 0 Å². The van der Waals surface area contributed by atoms with Crippen molar-refractivity contribution in [2.45, 2.75) is 19.9 Å². The highest BCUT2D eigenvalue weighted by atomic mass is 16.1. The van der Waals surface area contributed by atoms with E-state index in [9.17, 15) is 4.79 Å². The number of rotatable bonds is 1. The summed E-state index contributed by atoms with van der Waals surface area (Å²) in [4.78, 5) is 13.5. The number of nitrogens with zero attached hydrogens (tertiary/aromatic N) is 1. The Balaban J connectivity index is 2.33. The Labute approximate surface area is 84.6 Å². The zero-order valence-electron chi connectivity index (χ0n) is 8.82. The van der Waals surface area contributed by atoms with Crippen LogP contribution in [0, 0.1) is 5.92 Å². The molecule has 74 valence electrons. The highest BCUT2D eigenvalue weighted by Crippen LogP contribution is 2.33. The minimum absolute atomic E-state index is 0.182. The van der Waals surface area contributed by atoms with Gasteiger partial charge in [-0.2, -0.15) is 0 Å². The van der Waals surface area contributed by atoms with Gasteiger partial charge in [0.2, 0.25) is 0 Å². The van der Waals surface area contributed by atoms with Crippen LogP contribution in [0.1, 0.15) is 13.8 Å². The molecule has 0 saturated heterocycles. The van der Waals surface area contributed by atoms with Crippen molar-refractivity contribution in [3.05, 3.63) is 35.6 Å². The summed E-state index contributed by atoms with van der Waals surface area (Å²) >= 11 is 0. The van der Waals surface area contributed by atoms with Crippen LogP contribution in [0.4, 0.5) is 0 Å². The third-order valence-electron chi connectivity index (χ3n) is 2.95. The molecule has 2 rings (SSSR count). The van der Waals surface area contributed by atoms with Crippen LogP contribution in [0.5, 0.6) is 0 Å². The monoisotopic (exact) mass is 189 g/mol. The van der Waals surface area contributed by atoms with Crippen molar-refractivity contribution >= 4 is 5.78 Å². The highest BCUT2D eigenvalue weighted by molar-refractivity contribution is 5.94. The first-order chi connectivity index (χ1) is 6.59. The van der Waals surface area contributed by atoms with E-state index in [4.69, 9.17) is 0 Å². The van der Waals surface area contributed by atoms with Crippen molar-refractivity contribution in [3.63, 3.8) is 0 Å². The first-order valence-corrected chi connectivity index (χ1v) is 4.91. The molecule has 0 N–H and O–H groups in total. The Hall–Kier alpha value is -1.31. The van der Waals surface area contributed by atoms with Crippen molar-refractivity contribution in [3.8, 4) is 0 Å². The minimum Gasteiger partial charge on any atom is -0.373 e. The molecule has 0 fully saturated rings. The van der Waals surface area contributed by atoms with Gasteiger partial charge in [-0.15, -0.1) is 0 Å². The largest absolute Gasteiger partial charge is 0.373 e. The second-order valence-electron chi connectivity index (χ2n) is 4.09. The maximum Gasteiger partial charge on any atom is 0.157 e. The molecule has 0 aromatic heterocycles. The maximum atomic E-state index is 11.4. The van der Waals surface area contributed by atoms with Crippen LogP contribution in [0.3, 0.4) is 0 Å². The van der Waals surface area contributed by atoms with Crippen LogP contribution in [0.2, 0.25) is 0 Å². The van der Waals surface area contributed by atoms with Gasteiger partial charge in [-0.3, -0.25) is 4.79 Å². The maximum absolute atomic E-state index is 11.4. The Morgan fingerprint density at radius 3 is 2.86 bits per heavy atom. The molecule has 1 aliphatic heterocycles. The van der Waals surface area contributed by atoms with Crippen molar-refractivity contribution in [2.24, 2.45) is 5.92 Å². The molecule has 2 nitrogen and oxygen atoms in total. The smallest absolute Gasteiger partial charge is 0.157 e. The molecule has 0 radical (unpaired) electrons. The van der Waals surface area contributed by atoms with E-state index in [1.54, 1.807) is 6.92 Å². The predicted octanol–water partition coefficient (Wildman–Crippen LogP) is 1.91. The average Bonchev–Trinajstić information content (AvgIpc) is 2.44. The molecule has 0 bridgehead atoms. The summed E-state index contributed by atoms with van der Waals surface area (Å²) < 4.78 is 0. The van der Waals surface area contributed by atoms with E-state index in [0.29, 0.717) is 6.04 Å². The fraction of sp³-hybridized carbons (Fsp3) is 0.417. The summed E-state index contributed by atoms with van der Waals surface area (Å²) in [5.74, 6) is 0.447. The molecule has 0 saturated carbocycles. The van der Waals surface area contributed by atoms with E-state index in [1.165, 1.54) is 5.57 Å². The first-order valence-electron chi connectivity index (χ1n) is 4.91. The van der Waals surface area contributed by atoms with E-state index in [0.717, 1.165) is 5.57 Å². The molecule has 1 aliphatic carbocycles. The SMILES string of the molecule is CC(=O)C1=CN(C)C2C=C(C)C=CC12. The van der Waals surface area contributed by atoms with E-state index >= 15 is 0 Å². The van der Waals surface area contributed by atoms with Crippen molar-refractivity contribution in [1.29, 1.82) is 0 Å². The van der Waals surface area contributed by atoms with Crippen molar-refractivity contribution in [2.75, 3.05) is 7.05 Å². The van der Waals surface area contributed by atoms with Gasteiger partial charge >= 0.3 is 0 Å². The zero-order valence-corrected chi connectivity index (χ0v) is 8.82. The van der Waals surface area contributed by atoms with Crippen LogP contribution in [-0.4, -0.2) is 23.8 Å². The molecule has 0 aromatic carbocycles. The summed E-state index contributed by atoms with van der Waals surface area (Å²) in [6.45, 7) is 3.73. The average molecular weight is 189 g/mol. The quantitative estimate of drug-likeness (QED) is 0.628. The lowest BCUT2D eigenvalue weighted by Gasteiger charge is -2.25. The van der Waals surface area contributed by atoms with Gasteiger partial charge in [0.25, 0.3) is 0 Å². The van der Waals surface area contributed by atoms with Gasteiger partial charge < -0.3 is 4.90 Å². The van der Waals surface area contributed by atoms with Crippen LogP contribution in [0.15, 0.2) is 35.6 Å². The molecule has 0 amide bonds. The summed E-state index contributed by atoms with van der Waals surface area (Å²) in [5, 5.41) is 0. The first kappa shape index (κ1) is 9.25. The van der Waals surface area contributed by atoms with Crippen molar-refractivity contribution < 1.29 is 4.79 Å². The van der Waals surface area contributed by atoms with Gasteiger partial charge in [0.05, 0.1) is 6.04 Å². The number of fused-ring (bicyclic) bond motifs is 1. The number of likely N-dealkylation sites (N-methyl/N-ethyl adjacent to an activating group) is 1. The molecular formula is C12H15NO. The molecule has 1 heterocycles. The molecular weight excluding hydrogens is 174 g/mol. The van der Waals surface area contributed by atoms with Gasteiger partial charge in [-0.25, -0.2) is 0 Å². The third-order valence-corrected chi connectivity index (χ3v) is 2.95. The zero-order chi connectivity index (χ0) is 10.3. The normalized spacial score (nSPS) is 29.8. The van der Waals surface area contributed by atoms with Gasteiger partial charge in [0, 0.05) is 24.7 Å². The lowest BCUT2D eigenvalue weighted by Crippen LogP contribution is -2.28. The summed E-state index contributed by atoms with van der Waals surface area (Å²) in [6, 6.07) is 0.346. The number of hydrogen-bond donors (Lipinski definition) is 0. The van der Waals surface area contributed by atoms with Crippen molar-refractivity contribution in [1.82, 2.24) is 4.90 Å². The van der Waals surface area contributed by atoms with Crippen LogP contribution in [-0.2, 0) is 4.79 Å². The predicted molar refractivity (Wildman–Crippen MR) is 56.7 cm³/mol. The van der Waals surface area contributed by atoms with E-state index in [-0.39, 0.29) is 11.7 Å². The molecule has 2 aliphatic rings. The van der Waals surface area contributed by atoms with E-state index in [1.807, 2.05) is 13.2 Å². The van der Waals surface area contributed by atoms with Gasteiger partial charge in [-0.1, -0.05) is 23.8 Å². The Bertz CT molecular complexity index is 363. The van der Waals surface area contributed by atoms with Crippen LogP contribution >= 0.6 is 0 Å². The number of Topliss-reactive ketones (excluding diaryl/α,β-unsaturated/α-hetero) is 1. The minimum atomic E-state index is 0.182. The number of allylic oxidation sites excluding steroid dienone is 2. The van der Waals surface area contributed by atoms with Crippen LogP contribution < -0.4 is 0 Å². The molecule has 0 aromatic rings. The van der Waals surface area contributed by atoms with Crippen LogP contribution in [0.25, 0.3) is 0 Å². The molecule has 2 unspecified atom stereocenters. The number of hydrogen-bond acceptors (Lipinski definition) is 2. The third kappa shape index (κ3) is 1.31. The summed E-state index contributed by atoms with van der Waals surface area (Å²) in [7, 11) is 2.02. The highest BCUT2D eigenvalue weighted by Gasteiger charge is 2.33. The Kier molecular flexibility index (Phi) is 2.06. The summed E-state index contributed by atoms with van der Waals surface area (Å²) in [5.41, 5.74) is 2.20. The van der Waals surface area contributed by atoms with Gasteiger partial charge in [-0.05, 0) is 13.8 Å².